The highest BCUT2D eigenvalue weighted by molar-refractivity contribution is 5.75. The summed E-state index contributed by atoms with van der Waals surface area (Å²) < 4.78 is 7.45. The van der Waals surface area contributed by atoms with E-state index in [1.807, 2.05) is 0 Å². The minimum atomic E-state index is -0.320. The van der Waals surface area contributed by atoms with E-state index < -0.39 is 0 Å². The summed E-state index contributed by atoms with van der Waals surface area (Å²) in [5, 5.41) is 9.93. The molecule has 8 heteroatoms. The zero-order valence-corrected chi connectivity index (χ0v) is 11.9. The first-order valence-electron chi connectivity index (χ1n) is 6.73. The summed E-state index contributed by atoms with van der Waals surface area (Å²) in [6, 6.07) is 5.25. The van der Waals surface area contributed by atoms with E-state index in [9.17, 15) is 9.59 Å². The molecule has 8 nitrogen and oxygen atoms in total. The van der Waals surface area contributed by atoms with Crippen LogP contribution in [0.15, 0.2) is 29.2 Å². The number of carbonyl (C=O) groups excluding carboxylic acids is 1. The van der Waals surface area contributed by atoms with Crippen LogP contribution >= 0.6 is 0 Å². The van der Waals surface area contributed by atoms with E-state index in [-0.39, 0.29) is 18.1 Å². The van der Waals surface area contributed by atoms with E-state index in [0.717, 1.165) is 11.2 Å². The van der Waals surface area contributed by atoms with Crippen LogP contribution in [0, 0.1) is 0 Å². The number of aromatic nitrogens is 3. The summed E-state index contributed by atoms with van der Waals surface area (Å²) in [4.78, 5) is 23.7. The number of carbonyl (C=O) groups is 1. The number of nitrogens with one attached hydrogen (secondary N) is 2. The van der Waals surface area contributed by atoms with Crippen molar-refractivity contribution in [3.05, 3.63) is 34.9 Å². The van der Waals surface area contributed by atoms with Gasteiger partial charge in [0.25, 0.3) is 0 Å². The first-order chi connectivity index (χ1) is 10.2. The Kier molecular flexibility index (Phi) is 5.47. The highest BCUT2D eigenvalue weighted by atomic mass is 16.5. The Hall–Kier alpha value is -2.19. The lowest BCUT2D eigenvalue weighted by Crippen LogP contribution is -2.37. The van der Waals surface area contributed by atoms with E-state index in [1.54, 1.807) is 31.5 Å². The van der Waals surface area contributed by atoms with E-state index >= 15 is 0 Å². The third kappa shape index (κ3) is 4.14. The summed E-state index contributed by atoms with van der Waals surface area (Å²) >= 11 is 0. The van der Waals surface area contributed by atoms with Crippen molar-refractivity contribution in [2.75, 3.05) is 33.4 Å². The molecule has 0 bridgehead atoms. The lowest BCUT2D eigenvalue weighted by atomic mass is 10.5. The first-order valence-corrected chi connectivity index (χ1v) is 6.73. The van der Waals surface area contributed by atoms with Gasteiger partial charge in [0.05, 0.1) is 6.61 Å². The van der Waals surface area contributed by atoms with Crippen LogP contribution in [-0.2, 0) is 16.1 Å². The largest absolute Gasteiger partial charge is 0.383 e. The molecule has 0 aromatic carbocycles. The van der Waals surface area contributed by atoms with E-state index in [4.69, 9.17) is 4.74 Å². The van der Waals surface area contributed by atoms with Crippen LogP contribution in [0.1, 0.15) is 0 Å². The number of methoxy groups -OCH3 is 1. The fourth-order valence-corrected chi connectivity index (χ4v) is 1.85. The molecule has 2 N–H and O–H groups in total. The third-order valence-corrected chi connectivity index (χ3v) is 2.89. The maximum Gasteiger partial charge on any atom is 0.350 e. The van der Waals surface area contributed by atoms with Crippen molar-refractivity contribution in [2.45, 2.75) is 6.54 Å². The Labute approximate surface area is 121 Å². The van der Waals surface area contributed by atoms with E-state index in [0.29, 0.717) is 25.3 Å². The quantitative estimate of drug-likeness (QED) is 0.600. The van der Waals surface area contributed by atoms with Crippen LogP contribution in [0.3, 0.4) is 0 Å². The average molecular weight is 293 g/mol. The molecule has 2 aromatic heterocycles. The van der Waals surface area contributed by atoms with Crippen molar-refractivity contribution < 1.29 is 9.53 Å². The van der Waals surface area contributed by atoms with Gasteiger partial charge in [-0.2, -0.15) is 0 Å². The van der Waals surface area contributed by atoms with Crippen molar-refractivity contribution in [1.82, 2.24) is 24.8 Å². The van der Waals surface area contributed by atoms with Crippen LogP contribution in [0.2, 0.25) is 0 Å². The SMILES string of the molecule is COCCNCCNC(=O)Cn1nc2ccccn2c1=O. The molecule has 0 spiro atoms. The summed E-state index contributed by atoms with van der Waals surface area (Å²) in [6.45, 7) is 2.42. The molecule has 2 heterocycles. The van der Waals surface area contributed by atoms with Crippen LogP contribution in [0.25, 0.3) is 5.65 Å². The number of hydrogen-bond acceptors (Lipinski definition) is 5. The zero-order chi connectivity index (χ0) is 15.1. The number of amides is 1. The molecule has 0 radical (unpaired) electrons. The summed E-state index contributed by atoms with van der Waals surface area (Å²) in [6.07, 6.45) is 1.62. The van der Waals surface area contributed by atoms with Crippen molar-refractivity contribution in [3.8, 4) is 0 Å². The molecule has 2 rings (SSSR count). The molecule has 0 aliphatic heterocycles. The minimum absolute atomic E-state index is 0.0847. The molecule has 0 atom stereocenters. The van der Waals surface area contributed by atoms with Crippen LogP contribution < -0.4 is 16.3 Å². The third-order valence-electron chi connectivity index (χ3n) is 2.89. The smallest absolute Gasteiger partial charge is 0.350 e. The maximum absolute atomic E-state index is 12.0. The maximum atomic E-state index is 12.0. The Morgan fingerprint density at radius 3 is 2.95 bits per heavy atom. The highest BCUT2D eigenvalue weighted by Crippen LogP contribution is 1.94. The summed E-state index contributed by atoms with van der Waals surface area (Å²) in [5.41, 5.74) is 0.204. The average Bonchev–Trinajstić information content (AvgIpc) is 2.80. The Morgan fingerprint density at radius 2 is 2.19 bits per heavy atom. The topological polar surface area (TPSA) is 89.7 Å². The number of ether oxygens (including phenoxy) is 1. The first kappa shape index (κ1) is 15.2. The molecule has 0 aliphatic carbocycles. The molecular weight excluding hydrogens is 274 g/mol. The van der Waals surface area contributed by atoms with Gasteiger partial charge >= 0.3 is 5.69 Å². The van der Waals surface area contributed by atoms with Gasteiger partial charge < -0.3 is 15.4 Å². The standard InChI is InChI=1S/C13H19N5O3/c1-21-9-7-14-5-6-15-12(19)10-18-13(20)17-8-3-2-4-11(17)16-18/h2-4,8,14H,5-7,9-10H2,1H3,(H,15,19). The number of hydrogen-bond donors (Lipinski definition) is 2. The fraction of sp³-hybridized carbons (Fsp3) is 0.462. The normalized spacial score (nSPS) is 10.9. The van der Waals surface area contributed by atoms with Crippen molar-refractivity contribution in [2.24, 2.45) is 0 Å². The molecule has 114 valence electrons. The monoisotopic (exact) mass is 293 g/mol. The lowest BCUT2D eigenvalue weighted by Gasteiger charge is -2.06. The fourth-order valence-electron chi connectivity index (χ4n) is 1.85. The lowest BCUT2D eigenvalue weighted by molar-refractivity contribution is -0.121. The highest BCUT2D eigenvalue weighted by Gasteiger charge is 2.09. The molecule has 0 unspecified atom stereocenters. The molecule has 0 saturated carbocycles. The van der Waals surface area contributed by atoms with Crippen molar-refractivity contribution in [3.63, 3.8) is 0 Å². The second-order valence-corrected chi connectivity index (χ2v) is 4.46. The van der Waals surface area contributed by atoms with Crippen LogP contribution in [0.5, 0.6) is 0 Å². The number of rotatable bonds is 8. The molecule has 2 aromatic rings. The number of nitrogens with zero attached hydrogens (tertiary/aromatic N) is 3. The van der Waals surface area contributed by atoms with Gasteiger partial charge in [-0.05, 0) is 12.1 Å². The molecular formula is C13H19N5O3. The van der Waals surface area contributed by atoms with Crippen molar-refractivity contribution >= 4 is 11.6 Å². The molecule has 0 fully saturated rings. The van der Waals surface area contributed by atoms with Crippen LogP contribution in [-0.4, -0.2) is 53.4 Å². The Bertz CT molecular complexity index is 649. The predicted octanol–water partition coefficient (Wildman–Crippen LogP) is -1.15. The van der Waals surface area contributed by atoms with Crippen LogP contribution in [0.4, 0.5) is 0 Å². The molecule has 0 saturated heterocycles. The van der Waals surface area contributed by atoms with E-state index in [1.165, 1.54) is 4.40 Å². The Balaban J connectivity index is 1.82. The second-order valence-electron chi connectivity index (χ2n) is 4.46. The predicted molar refractivity (Wildman–Crippen MR) is 77.2 cm³/mol. The van der Waals surface area contributed by atoms with Gasteiger partial charge in [-0.25, -0.2) is 9.48 Å². The Morgan fingerprint density at radius 1 is 1.33 bits per heavy atom. The molecule has 0 aliphatic rings. The second kappa shape index (κ2) is 7.55. The van der Waals surface area contributed by atoms with Gasteiger partial charge in [-0.15, -0.1) is 5.10 Å². The van der Waals surface area contributed by atoms with Gasteiger partial charge in [0.2, 0.25) is 5.91 Å². The number of pyridine rings is 1. The number of fused-ring (bicyclic) bond motifs is 1. The molecule has 1 amide bonds. The van der Waals surface area contributed by atoms with Crippen molar-refractivity contribution in [1.29, 1.82) is 0 Å². The molecule has 21 heavy (non-hydrogen) atoms. The zero-order valence-electron chi connectivity index (χ0n) is 11.9. The summed E-state index contributed by atoms with van der Waals surface area (Å²) in [5.74, 6) is -0.242. The van der Waals surface area contributed by atoms with Gasteiger partial charge in [0.1, 0.15) is 6.54 Å². The van der Waals surface area contributed by atoms with Gasteiger partial charge in [-0.1, -0.05) is 6.07 Å². The van der Waals surface area contributed by atoms with Gasteiger partial charge in [-0.3, -0.25) is 9.20 Å². The van der Waals surface area contributed by atoms with Gasteiger partial charge in [0, 0.05) is 32.9 Å². The van der Waals surface area contributed by atoms with Gasteiger partial charge in [0.15, 0.2) is 5.65 Å². The van der Waals surface area contributed by atoms with E-state index in [2.05, 4.69) is 15.7 Å². The minimum Gasteiger partial charge on any atom is -0.383 e. The summed E-state index contributed by atoms with van der Waals surface area (Å²) in [7, 11) is 1.63.